The third kappa shape index (κ3) is 3.70. The van der Waals surface area contributed by atoms with Gasteiger partial charge in [0.15, 0.2) is 0 Å². The van der Waals surface area contributed by atoms with E-state index in [-0.39, 0.29) is 11.3 Å². The molecule has 1 N–H and O–H groups in total. The molecule has 0 fully saturated rings. The second-order valence-electron chi connectivity index (χ2n) is 4.98. The first-order chi connectivity index (χ1) is 10.9. The summed E-state index contributed by atoms with van der Waals surface area (Å²) < 4.78 is 0. The number of aliphatic imine (C=N–C) groups is 1. The van der Waals surface area contributed by atoms with Crippen LogP contribution >= 0.6 is 0 Å². The Kier molecular flexibility index (Phi) is 4.70. The molecule has 0 radical (unpaired) electrons. The molecule has 7 heteroatoms. The predicted molar refractivity (Wildman–Crippen MR) is 88.1 cm³/mol. The van der Waals surface area contributed by atoms with Gasteiger partial charge >= 0.3 is 5.97 Å². The zero-order valence-electron chi connectivity index (χ0n) is 12.6. The Morgan fingerprint density at radius 1 is 1.26 bits per heavy atom. The minimum absolute atomic E-state index is 0.0366. The van der Waals surface area contributed by atoms with Crippen LogP contribution in [0.2, 0.25) is 0 Å². The minimum atomic E-state index is -1.08. The van der Waals surface area contributed by atoms with Gasteiger partial charge in [0.1, 0.15) is 5.69 Å². The first kappa shape index (κ1) is 16.2. The number of carbonyl (C=O) groups is 1. The summed E-state index contributed by atoms with van der Waals surface area (Å²) in [6.07, 6.45) is 1.41. The number of hydrogen-bond donors (Lipinski definition) is 1. The molecule has 2 rings (SSSR count). The van der Waals surface area contributed by atoms with Gasteiger partial charge in [-0.2, -0.15) is 0 Å². The molecule has 0 saturated carbocycles. The monoisotopic (exact) mass is 313 g/mol. The fourth-order valence-corrected chi connectivity index (χ4v) is 2.06. The van der Waals surface area contributed by atoms with Crippen molar-refractivity contribution in [3.8, 4) is 0 Å². The van der Waals surface area contributed by atoms with Crippen molar-refractivity contribution in [3.63, 3.8) is 0 Å². The van der Waals surface area contributed by atoms with E-state index in [2.05, 4.69) is 4.99 Å². The second-order valence-corrected chi connectivity index (χ2v) is 4.98. The number of hydrogen-bond acceptors (Lipinski definition) is 5. The third-order valence-electron chi connectivity index (χ3n) is 3.17. The molecule has 0 saturated heterocycles. The fourth-order valence-electron chi connectivity index (χ4n) is 2.06. The Bertz CT molecular complexity index is 785. The Labute approximate surface area is 132 Å². The lowest BCUT2D eigenvalue weighted by atomic mass is 10.1. The first-order valence-electron chi connectivity index (χ1n) is 6.72. The first-order valence-corrected chi connectivity index (χ1v) is 6.72. The number of nitro benzene ring substituents is 1. The van der Waals surface area contributed by atoms with Crippen LogP contribution in [0.4, 0.5) is 17.1 Å². The van der Waals surface area contributed by atoms with Crippen molar-refractivity contribution in [2.45, 2.75) is 0 Å². The zero-order chi connectivity index (χ0) is 17.0. The lowest BCUT2D eigenvalue weighted by Crippen LogP contribution is -2.11. The second kappa shape index (κ2) is 6.69. The molecular formula is C16H15N3O4. The van der Waals surface area contributed by atoms with Crippen molar-refractivity contribution in [2.24, 2.45) is 4.99 Å². The summed E-state index contributed by atoms with van der Waals surface area (Å²) in [7, 11) is 3.44. The number of carboxylic acids is 1. The van der Waals surface area contributed by atoms with Gasteiger partial charge in [-0.3, -0.25) is 15.1 Å². The molecule has 23 heavy (non-hydrogen) atoms. The highest BCUT2D eigenvalue weighted by molar-refractivity contribution is 5.95. The summed E-state index contributed by atoms with van der Waals surface area (Å²) in [5.41, 5.74) is 1.33. The smallest absolute Gasteiger partial charge is 0.337 e. The van der Waals surface area contributed by atoms with Crippen molar-refractivity contribution in [2.75, 3.05) is 19.0 Å². The summed E-state index contributed by atoms with van der Waals surface area (Å²) in [5, 5.41) is 20.3. The van der Waals surface area contributed by atoms with E-state index in [9.17, 15) is 14.9 Å². The topological polar surface area (TPSA) is 96.0 Å². The van der Waals surface area contributed by atoms with Crippen LogP contribution in [0.5, 0.6) is 0 Å². The van der Waals surface area contributed by atoms with Crippen LogP contribution in [0.3, 0.4) is 0 Å². The van der Waals surface area contributed by atoms with Crippen molar-refractivity contribution < 1.29 is 14.8 Å². The van der Waals surface area contributed by atoms with E-state index < -0.39 is 10.9 Å². The number of para-hydroxylation sites is 1. The van der Waals surface area contributed by atoms with Crippen molar-refractivity contribution in [1.29, 1.82) is 0 Å². The number of anilines is 1. The number of nitrogens with zero attached hydrogens (tertiary/aromatic N) is 3. The van der Waals surface area contributed by atoms with Crippen LogP contribution in [-0.4, -0.2) is 36.3 Å². The maximum atomic E-state index is 11.2. The van der Waals surface area contributed by atoms with Crippen molar-refractivity contribution in [1.82, 2.24) is 0 Å². The quantitative estimate of drug-likeness (QED) is 0.520. The highest BCUT2D eigenvalue weighted by Gasteiger charge is 2.15. The van der Waals surface area contributed by atoms with Gasteiger partial charge < -0.3 is 10.0 Å². The summed E-state index contributed by atoms with van der Waals surface area (Å²) >= 11 is 0. The number of nitro groups is 1. The van der Waals surface area contributed by atoms with Gasteiger partial charge in [0.05, 0.1) is 16.2 Å². The largest absolute Gasteiger partial charge is 0.478 e. The zero-order valence-corrected chi connectivity index (χ0v) is 12.6. The fraction of sp³-hybridized carbons (Fsp3) is 0.125. The lowest BCUT2D eigenvalue weighted by Gasteiger charge is -2.12. The van der Waals surface area contributed by atoms with E-state index in [4.69, 9.17) is 5.11 Å². The Hall–Kier alpha value is -3.22. The molecule has 0 aliphatic carbocycles. The molecule has 0 atom stereocenters. The van der Waals surface area contributed by atoms with Crippen molar-refractivity contribution >= 4 is 29.2 Å². The van der Waals surface area contributed by atoms with Crippen LogP contribution in [0.25, 0.3) is 0 Å². The SMILES string of the molecule is CN(C)c1ccc(C=Nc2ccccc2C(=O)O)cc1[N+](=O)[O-]. The molecule has 0 aliphatic heterocycles. The van der Waals surface area contributed by atoms with Crippen LogP contribution < -0.4 is 4.90 Å². The van der Waals surface area contributed by atoms with Gasteiger partial charge in [0.2, 0.25) is 0 Å². The average Bonchev–Trinajstić information content (AvgIpc) is 2.52. The normalized spacial score (nSPS) is 10.7. The highest BCUT2D eigenvalue weighted by atomic mass is 16.6. The van der Waals surface area contributed by atoms with Gasteiger partial charge in [0.25, 0.3) is 5.69 Å². The summed E-state index contributed by atoms with van der Waals surface area (Å²) in [6, 6.07) is 11.0. The van der Waals surface area contributed by atoms with E-state index >= 15 is 0 Å². The van der Waals surface area contributed by atoms with Gasteiger partial charge in [-0.1, -0.05) is 18.2 Å². The van der Waals surface area contributed by atoms with E-state index in [1.54, 1.807) is 49.3 Å². The number of benzene rings is 2. The highest BCUT2D eigenvalue weighted by Crippen LogP contribution is 2.27. The van der Waals surface area contributed by atoms with Crippen LogP contribution in [0.1, 0.15) is 15.9 Å². The molecule has 0 aromatic heterocycles. The third-order valence-corrected chi connectivity index (χ3v) is 3.17. The van der Waals surface area contributed by atoms with E-state index in [0.29, 0.717) is 16.9 Å². The summed E-state index contributed by atoms with van der Waals surface area (Å²) in [4.78, 5) is 27.6. The van der Waals surface area contributed by atoms with Crippen LogP contribution in [0, 0.1) is 10.1 Å². The minimum Gasteiger partial charge on any atom is -0.478 e. The summed E-state index contributed by atoms with van der Waals surface area (Å²) in [5.74, 6) is -1.08. The molecule has 0 unspecified atom stereocenters. The molecular weight excluding hydrogens is 298 g/mol. The van der Waals surface area contributed by atoms with Gasteiger partial charge in [-0.25, -0.2) is 4.79 Å². The van der Waals surface area contributed by atoms with E-state index in [0.717, 1.165) is 0 Å². The van der Waals surface area contributed by atoms with Crippen molar-refractivity contribution in [3.05, 3.63) is 63.7 Å². The maximum Gasteiger partial charge on any atom is 0.337 e. The van der Waals surface area contributed by atoms with Gasteiger partial charge in [0, 0.05) is 26.4 Å². The molecule has 0 heterocycles. The molecule has 118 valence electrons. The lowest BCUT2D eigenvalue weighted by molar-refractivity contribution is -0.384. The van der Waals surface area contributed by atoms with E-state index in [1.165, 1.54) is 18.3 Å². The average molecular weight is 313 g/mol. The number of aromatic carboxylic acids is 1. The standard InChI is InChI=1S/C16H15N3O4/c1-18(2)14-8-7-11(9-15(14)19(22)23)10-17-13-6-4-3-5-12(13)16(20)21/h3-10H,1-2H3,(H,20,21). The number of carboxylic acid groups (broad SMARTS) is 1. The molecule has 2 aromatic rings. The molecule has 2 aromatic carbocycles. The Balaban J connectivity index is 2.39. The number of rotatable bonds is 5. The van der Waals surface area contributed by atoms with E-state index in [1.807, 2.05) is 0 Å². The molecule has 0 spiro atoms. The van der Waals surface area contributed by atoms with Gasteiger partial charge in [-0.05, 0) is 23.8 Å². The maximum absolute atomic E-state index is 11.2. The summed E-state index contributed by atoms with van der Waals surface area (Å²) in [6.45, 7) is 0. The Morgan fingerprint density at radius 3 is 2.57 bits per heavy atom. The molecule has 7 nitrogen and oxygen atoms in total. The Morgan fingerprint density at radius 2 is 1.96 bits per heavy atom. The molecule has 0 aliphatic rings. The van der Waals surface area contributed by atoms with Crippen LogP contribution in [0.15, 0.2) is 47.5 Å². The molecule has 0 amide bonds. The molecule has 0 bridgehead atoms. The van der Waals surface area contributed by atoms with Gasteiger partial charge in [-0.15, -0.1) is 0 Å². The predicted octanol–water partition coefficient (Wildman–Crippen LogP) is 3.11. The van der Waals surface area contributed by atoms with Crippen LogP contribution in [-0.2, 0) is 0 Å².